The Morgan fingerprint density at radius 1 is 1.32 bits per heavy atom. The van der Waals surface area contributed by atoms with E-state index in [2.05, 4.69) is 37.7 Å². The molecule has 0 aromatic carbocycles. The van der Waals surface area contributed by atoms with Gasteiger partial charge in [0.05, 0.1) is 29.0 Å². The monoisotopic (exact) mass is 398 g/mol. The summed E-state index contributed by atoms with van der Waals surface area (Å²) < 4.78 is 6.27. The number of amides is 1. The quantitative estimate of drug-likeness (QED) is 0.781. The normalized spacial score (nSPS) is 27.3. The highest BCUT2D eigenvalue weighted by atomic mass is 35.5. The number of carbonyl (C=O) groups is 1. The minimum atomic E-state index is -0.270. The van der Waals surface area contributed by atoms with Gasteiger partial charge in [-0.15, -0.1) is 0 Å². The zero-order valence-corrected chi connectivity index (χ0v) is 17.2. The predicted molar refractivity (Wildman–Crippen MR) is 106 cm³/mol. The van der Waals surface area contributed by atoms with Crippen molar-refractivity contribution in [2.24, 2.45) is 15.8 Å². The van der Waals surface area contributed by atoms with E-state index < -0.39 is 0 Å². The van der Waals surface area contributed by atoms with Gasteiger partial charge in [0.1, 0.15) is 17.9 Å². The van der Waals surface area contributed by atoms with E-state index in [0.717, 1.165) is 24.3 Å². The summed E-state index contributed by atoms with van der Waals surface area (Å²) in [6.07, 6.45) is 4.23. The number of halogens is 1. The Hall–Kier alpha value is -2.39. The molecule has 1 aromatic heterocycles. The van der Waals surface area contributed by atoms with Gasteiger partial charge in [0, 0.05) is 29.5 Å². The number of hydrogen-bond acceptors (Lipinski definition) is 5. The molecule has 1 amide bonds. The number of carbonyl (C=O) groups excluding carboxylic acids is 1. The third-order valence-electron chi connectivity index (χ3n) is 6.15. The fourth-order valence-electron chi connectivity index (χ4n) is 5.47. The first-order valence-electron chi connectivity index (χ1n) is 9.45. The third-order valence-corrected chi connectivity index (χ3v) is 6.44. The summed E-state index contributed by atoms with van der Waals surface area (Å²) in [6.45, 7) is 9.82. The van der Waals surface area contributed by atoms with Gasteiger partial charge in [-0.2, -0.15) is 5.26 Å². The number of hydrogen-bond donors (Lipinski definition) is 0. The van der Waals surface area contributed by atoms with Crippen LogP contribution < -0.4 is 4.74 Å². The lowest BCUT2D eigenvalue weighted by molar-refractivity contribution is -0.206. The first-order chi connectivity index (χ1) is 13.2. The number of aromatic nitrogens is 1. The molecule has 28 heavy (non-hydrogen) atoms. The lowest BCUT2D eigenvalue weighted by Gasteiger charge is -2.65. The van der Waals surface area contributed by atoms with Crippen LogP contribution in [0.4, 0.5) is 0 Å². The Balaban J connectivity index is 1.59. The second-order valence-electron chi connectivity index (χ2n) is 8.82. The first kappa shape index (κ1) is 18.9. The van der Waals surface area contributed by atoms with Crippen molar-refractivity contribution in [2.75, 3.05) is 13.1 Å². The van der Waals surface area contributed by atoms with E-state index in [1.54, 1.807) is 6.07 Å². The summed E-state index contributed by atoms with van der Waals surface area (Å²) in [7, 11) is 0. The molecule has 4 rings (SSSR count). The number of nitrogens with zero attached hydrogens (tertiary/aromatic N) is 4. The molecule has 0 spiro atoms. The maximum absolute atomic E-state index is 13.0. The Bertz CT molecular complexity index is 942. The van der Waals surface area contributed by atoms with Crippen LogP contribution in [0, 0.1) is 22.2 Å². The van der Waals surface area contributed by atoms with Crippen LogP contribution in [0.3, 0.4) is 0 Å². The molecule has 2 aliphatic heterocycles. The lowest BCUT2D eigenvalue weighted by atomic mass is 9.49. The number of fused-ring (bicyclic) bond motifs is 1. The van der Waals surface area contributed by atoms with Crippen molar-refractivity contribution in [1.82, 2.24) is 9.88 Å². The van der Waals surface area contributed by atoms with Crippen molar-refractivity contribution in [3.63, 3.8) is 0 Å². The van der Waals surface area contributed by atoms with Gasteiger partial charge in [0.2, 0.25) is 0 Å². The number of ether oxygens (including phenoxy) is 1. The fourth-order valence-corrected chi connectivity index (χ4v) is 5.67. The second-order valence-corrected chi connectivity index (χ2v) is 9.23. The largest absolute Gasteiger partial charge is 0.487 e. The summed E-state index contributed by atoms with van der Waals surface area (Å²) in [4.78, 5) is 23.6. The average Bonchev–Trinajstić information content (AvgIpc) is 2.95. The number of aliphatic imine (C=N–C) groups is 1. The predicted octanol–water partition coefficient (Wildman–Crippen LogP) is 3.40. The molecule has 1 saturated carbocycles. The highest BCUT2D eigenvalue weighted by Gasteiger charge is 2.67. The Labute approximate surface area is 169 Å². The van der Waals surface area contributed by atoms with E-state index in [9.17, 15) is 4.79 Å². The zero-order chi connectivity index (χ0) is 20.3. The number of nitriles is 1. The van der Waals surface area contributed by atoms with E-state index in [4.69, 9.17) is 21.6 Å². The Morgan fingerprint density at radius 2 is 2.04 bits per heavy atom. The van der Waals surface area contributed by atoms with Crippen LogP contribution in [0.25, 0.3) is 0 Å². The molecule has 1 aromatic rings. The number of rotatable bonds is 3. The highest BCUT2D eigenvalue weighted by Crippen LogP contribution is 2.58. The van der Waals surface area contributed by atoms with Gasteiger partial charge in [-0.1, -0.05) is 45.4 Å². The van der Waals surface area contributed by atoms with Gasteiger partial charge in [-0.3, -0.25) is 9.79 Å². The van der Waals surface area contributed by atoms with Crippen molar-refractivity contribution in [3.8, 4) is 11.8 Å². The fraction of sp³-hybridized carbons (Fsp3) is 0.524. The van der Waals surface area contributed by atoms with Crippen LogP contribution >= 0.6 is 11.6 Å². The van der Waals surface area contributed by atoms with E-state index in [-0.39, 0.29) is 39.6 Å². The van der Waals surface area contributed by atoms with E-state index >= 15 is 0 Å². The zero-order valence-electron chi connectivity index (χ0n) is 16.5. The number of dihydropyridines is 1. The smallest absolute Gasteiger partial charge is 0.256 e. The topological polar surface area (TPSA) is 78.6 Å². The molecular weight excluding hydrogens is 376 g/mol. The van der Waals surface area contributed by atoms with Crippen LogP contribution in [0.15, 0.2) is 28.9 Å². The molecule has 3 aliphatic rings. The summed E-state index contributed by atoms with van der Waals surface area (Å²) >= 11 is 6.10. The molecule has 6 nitrogen and oxygen atoms in total. The Morgan fingerprint density at radius 3 is 2.64 bits per heavy atom. The van der Waals surface area contributed by atoms with Crippen LogP contribution in [-0.2, 0) is 4.79 Å². The maximum Gasteiger partial charge on any atom is 0.256 e. The van der Waals surface area contributed by atoms with Crippen molar-refractivity contribution >= 4 is 23.2 Å². The highest BCUT2D eigenvalue weighted by molar-refractivity contribution is 6.31. The molecule has 0 radical (unpaired) electrons. The minimum absolute atomic E-state index is 0.0218. The summed E-state index contributed by atoms with van der Waals surface area (Å²) in [6, 6.07) is 3.60. The summed E-state index contributed by atoms with van der Waals surface area (Å²) in [5.74, 6) is 0.605. The molecule has 3 heterocycles. The molecule has 7 heteroatoms. The van der Waals surface area contributed by atoms with Gasteiger partial charge in [-0.05, 0) is 6.42 Å². The molecule has 0 N–H and O–H groups in total. The van der Waals surface area contributed by atoms with E-state index in [1.165, 1.54) is 6.20 Å². The standard InChI is InChI=1S/C21H23ClN4O2/c1-20(2)18(26-11-16-13(17(26)27)6-5-7-24-16)21(3,4)19(20)28-12-8-14(22)15(9-23)25-10-12/h6,8,10,18-19H,5,7,11H2,1-4H3/t18-,19-. The molecule has 0 atom stereocenters. The first-order valence-corrected chi connectivity index (χ1v) is 9.83. The molecule has 146 valence electrons. The molecule has 1 aliphatic carbocycles. The van der Waals surface area contributed by atoms with Gasteiger partial charge >= 0.3 is 0 Å². The number of likely N-dealkylation sites (tertiary alicyclic amines) is 1. The lowest BCUT2D eigenvalue weighted by Crippen LogP contribution is -2.74. The van der Waals surface area contributed by atoms with Crippen LogP contribution in [0.1, 0.15) is 39.8 Å². The Kier molecular flexibility index (Phi) is 4.27. The van der Waals surface area contributed by atoms with Crippen molar-refractivity contribution in [1.29, 1.82) is 5.26 Å². The molecule has 0 unspecified atom stereocenters. The van der Waals surface area contributed by atoms with Crippen LogP contribution in [0.5, 0.6) is 5.75 Å². The summed E-state index contributed by atoms with van der Waals surface area (Å²) in [5, 5.41) is 9.27. The van der Waals surface area contributed by atoms with Gasteiger partial charge in [0.15, 0.2) is 5.69 Å². The minimum Gasteiger partial charge on any atom is -0.487 e. The molecule has 0 bridgehead atoms. The van der Waals surface area contributed by atoms with Gasteiger partial charge in [-0.25, -0.2) is 4.98 Å². The van der Waals surface area contributed by atoms with Crippen molar-refractivity contribution in [2.45, 2.75) is 46.3 Å². The van der Waals surface area contributed by atoms with Gasteiger partial charge < -0.3 is 9.64 Å². The maximum atomic E-state index is 13.0. The van der Waals surface area contributed by atoms with E-state index in [1.807, 2.05) is 17.0 Å². The summed E-state index contributed by atoms with van der Waals surface area (Å²) in [5.41, 5.74) is 1.32. The van der Waals surface area contributed by atoms with Crippen molar-refractivity contribution < 1.29 is 9.53 Å². The number of pyridine rings is 1. The van der Waals surface area contributed by atoms with E-state index in [0.29, 0.717) is 12.3 Å². The van der Waals surface area contributed by atoms with Crippen LogP contribution in [0.2, 0.25) is 5.02 Å². The molecule has 2 fully saturated rings. The second kappa shape index (κ2) is 6.31. The SMILES string of the molecule is CC1(C)[C@H](Oc2cnc(C#N)c(Cl)c2)C(C)(C)[C@H]1N1CC2=NCCC=C2C1=O. The third kappa shape index (κ3) is 2.64. The molecule has 1 saturated heterocycles. The van der Waals surface area contributed by atoms with Crippen molar-refractivity contribution in [3.05, 3.63) is 34.6 Å². The van der Waals surface area contributed by atoms with Crippen LogP contribution in [-0.4, -0.2) is 46.7 Å². The average molecular weight is 399 g/mol. The van der Waals surface area contributed by atoms with Gasteiger partial charge in [0.25, 0.3) is 5.91 Å². The molecular formula is C21H23ClN4O2.